The Morgan fingerprint density at radius 2 is 2.31 bits per heavy atom. The van der Waals surface area contributed by atoms with E-state index in [9.17, 15) is 4.79 Å². The van der Waals surface area contributed by atoms with E-state index in [0.29, 0.717) is 18.9 Å². The number of nitrogens with one attached hydrogen (secondary N) is 1. The zero-order valence-electron chi connectivity index (χ0n) is 8.25. The second kappa shape index (κ2) is 6.62. The summed E-state index contributed by atoms with van der Waals surface area (Å²) in [5.41, 5.74) is 7.77. The normalized spacial score (nSPS) is 12.6. The van der Waals surface area contributed by atoms with Crippen LogP contribution in [0.3, 0.4) is 0 Å². The summed E-state index contributed by atoms with van der Waals surface area (Å²) in [6, 6.07) is -0.565. The molecular formula is C9H18N2O2. The molecule has 76 valence electrons. The van der Waals surface area contributed by atoms with Crippen LogP contribution in [-0.2, 0) is 9.63 Å². The van der Waals surface area contributed by atoms with Crippen LogP contribution >= 0.6 is 0 Å². The summed E-state index contributed by atoms with van der Waals surface area (Å²) < 4.78 is 0. The lowest BCUT2D eigenvalue weighted by atomic mass is 10.2. The van der Waals surface area contributed by atoms with E-state index in [0.717, 1.165) is 0 Å². The lowest BCUT2D eigenvalue weighted by Crippen LogP contribution is -2.40. The van der Waals surface area contributed by atoms with Crippen LogP contribution in [0.2, 0.25) is 0 Å². The molecule has 4 nitrogen and oxygen atoms in total. The van der Waals surface area contributed by atoms with Gasteiger partial charge in [-0.15, -0.1) is 6.58 Å². The zero-order valence-corrected chi connectivity index (χ0v) is 8.25. The smallest absolute Gasteiger partial charge is 0.260 e. The number of carbonyl (C=O) groups is 1. The summed E-state index contributed by atoms with van der Waals surface area (Å²) in [5.74, 6) is 0.0801. The van der Waals surface area contributed by atoms with E-state index in [-0.39, 0.29) is 5.91 Å². The number of hydrogen-bond donors (Lipinski definition) is 2. The van der Waals surface area contributed by atoms with Gasteiger partial charge in [-0.3, -0.25) is 9.63 Å². The van der Waals surface area contributed by atoms with Crippen LogP contribution in [-0.4, -0.2) is 18.6 Å². The van der Waals surface area contributed by atoms with Gasteiger partial charge in [0.2, 0.25) is 0 Å². The van der Waals surface area contributed by atoms with Gasteiger partial charge in [0.15, 0.2) is 0 Å². The van der Waals surface area contributed by atoms with Crippen LogP contribution in [0.1, 0.15) is 20.3 Å². The Labute approximate surface area is 79.1 Å². The summed E-state index contributed by atoms with van der Waals surface area (Å²) in [6.45, 7) is 7.98. The summed E-state index contributed by atoms with van der Waals surface area (Å²) in [4.78, 5) is 16.0. The van der Waals surface area contributed by atoms with E-state index < -0.39 is 6.04 Å². The Kier molecular flexibility index (Phi) is 6.18. The number of hydrogen-bond acceptors (Lipinski definition) is 3. The van der Waals surface area contributed by atoms with E-state index >= 15 is 0 Å². The van der Waals surface area contributed by atoms with Crippen molar-refractivity contribution in [2.75, 3.05) is 6.61 Å². The van der Waals surface area contributed by atoms with Crippen LogP contribution in [0.15, 0.2) is 12.7 Å². The van der Waals surface area contributed by atoms with Gasteiger partial charge in [0.1, 0.15) is 0 Å². The predicted molar refractivity (Wildman–Crippen MR) is 51.7 cm³/mol. The van der Waals surface area contributed by atoms with E-state index in [4.69, 9.17) is 10.6 Å². The average Bonchev–Trinajstić information content (AvgIpc) is 2.04. The Morgan fingerprint density at radius 3 is 2.77 bits per heavy atom. The van der Waals surface area contributed by atoms with Crippen LogP contribution in [0.5, 0.6) is 0 Å². The molecule has 0 radical (unpaired) electrons. The van der Waals surface area contributed by atoms with E-state index in [1.54, 1.807) is 6.08 Å². The molecule has 0 spiro atoms. The predicted octanol–water partition coefficient (Wildman–Crippen LogP) is 0.594. The first-order valence-corrected chi connectivity index (χ1v) is 4.36. The van der Waals surface area contributed by atoms with Gasteiger partial charge in [0.25, 0.3) is 5.91 Å². The first kappa shape index (κ1) is 12.1. The number of hydroxylamine groups is 1. The van der Waals surface area contributed by atoms with Gasteiger partial charge >= 0.3 is 0 Å². The van der Waals surface area contributed by atoms with Crippen molar-refractivity contribution < 1.29 is 9.63 Å². The van der Waals surface area contributed by atoms with Crippen molar-refractivity contribution in [3.8, 4) is 0 Å². The molecule has 0 fully saturated rings. The maximum absolute atomic E-state index is 11.1. The molecule has 0 saturated carbocycles. The molecule has 0 aromatic heterocycles. The maximum Gasteiger partial charge on any atom is 0.260 e. The molecule has 0 rings (SSSR count). The number of carbonyl (C=O) groups excluding carboxylic acids is 1. The number of amides is 1. The maximum atomic E-state index is 11.1. The monoisotopic (exact) mass is 186 g/mol. The second-order valence-corrected chi connectivity index (χ2v) is 3.30. The molecule has 1 amide bonds. The van der Waals surface area contributed by atoms with Gasteiger partial charge < -0.3 is 5.73 Å². The fourth-order valence-corrected chi connectivity index (χ4v) is 0.642. The van der Waals surface area contributed by atoms with Crippen molar-refractivity contribution in [2.24, 2.45) is 11.7 Å². The first-order valence-electron chi connectivity index (χ1n) is 4.36. The van der Waals surface area contributed by atoms with Gasteiger partial charge in [0.05, 0.1) is 12.6 Å². The van der Waals surface area contributed by atoms with Gasteiger partial charge in [-0.05, 0) is 12.3 Å². The molecule has 0 aliphatic carbocycles. The lowest BCUT2D eigenvalue weighted by molar-refractivity contribution is -0.135. The van der Waals surface area contributed by atoms with Crippen LogP contribution < -0.4 is 11.2 Å². The Morgan fingerprint density at radius 1 is 1.69 bits per heavy atom. The highest BCUT2D eigenvalue weighted by Gasteiger charge is 2.10. The molecule has 0 bridgehead atoms. The van der Waals surface area contributed by atoms with E-state index in [1.807, 2.05) is 13.8 Å². The average molecular weight is 186 g/mol. The molecule has 3 N–H and O–H groups in total. The zero-order chi connectivity index (χ0) is 10.3. The Bertz CT molecular complexity index is 169. The van der Waals surface area contributed by atoms with Crippen LogP contribution in [0.25, 0.3) is 0 Å². The minimum absolute atomic E-state index is 0.305. The van der Waals surface area contributed by atoms with Gasteiger partial charge in [-0.25, -0.2) is 5.48 Å². The standard InChI is InChI=1S/C9H18N2O2/c1-4-5-8(10)9(12)11-13-6-7(2)3/h4,7-8H,1,5-6,10H2,2-3H3,(H,11,12). The van der Waals surface area contributed by atoms with Gasteiger partial charge in [-0.1, -0.05) is 19.9 Å². The summed E-state index contributed by atoms with van der Waals surface area (Å²) >= 11 is 0. The van der Waals surface area contributed by atoms with E-state index in [2.05, 4.69) is 12.1 Å². The van der Waals surface area contributed by atoms with Crippen molar-refractivity contribution >= 4 is 5.91 Å². The third-order valence-electron chi connectivity index (χ3n) is 1.35. The Hall–Kier alpha value is -0.870. The molecular weight excluding hydrogens is 168 g/mol. The molecule has 0 heterocycles. The van der Waals surface area contributed by atoms with Crippen molar-refractivity contribution in [1.82, 2.24) is 5.48 Å². The molecule has 1 atom stereocenters. The highest BCUT2D eigenvalue weighted by atomic mass is 16.7. The second-order valence-electron chi connectivity index (χ2n) is 3.30. The van der Waals surface area contributed by atoms with Crippen LogP contribution in [0.4, 0.5) is 0 Å². The van der Waals surface area contributed by atoms with Gasteiger partial charge in [-0.2, -0.15) is 0 Å². The van der Waals surface area contributed by atoms with Crippen molar-refractivity contribution in [2.45, 2.75) is 26.3 Å². The fourth-order valence-electron chi connectivity index (χ4n) is 0.642. The highest BCUT2D eigenvalue weighted by molar-refractivity contribution is 5.80. The lowest BCUT2D eigenvalue weighted by Gasteiger charge is -2.11. The highest BCUT2D eigenvalue weighted by Crippen LogP contribution is 1.92. The Balaban J connectivity index is 3.55. The minimum atomic E-state index is -0.565. The molecule has 1 unspecified atom stereocenters. The van der Waals surface area contributed by atoms with Crippen LogP contribution in [0, 0.1) is 5.92 Å². The molecule has 0 saturated heterocycles. The van der Waals surface area contributed by atoms with Gasteiger partial charge in [0, 0.05) is 0 Å². The molecule has 0 aromatic carbocycles. The summed E-state index contributed by atoms with van der Waals surface area (Å²) in [6.07, 6.45) is 2.06. The van der Waals surface area contributed by atoms with Crippen molar-refractivity contribution in [1.29, 1.82) is 0 Å². The van der Waals surface area contributed by atoms with Crippen molar-refractivity contribution in [3.63, 3.8) is 0 Å². The summed E-state index contributed by atoms with van der Waals surface area (Å²) in [5, 5.41) is 0. The first-order chi connectivity index (χ1) is 6.07. The molecule has 0 aromatic rings. The van der Waals surface area contributed by atoms with Crippen molar-refractivity contribution in [3.05, 3.63) is 12.7 Å². The molecule has 4 heteroatoms. The SMILES string of the molecule is C=CCC(N)C(=O)NOCC(C)C. The molecule has 0 aliphatic heterocycles. The number of rotatable bonds is 6. The van der Waals surface area contributed by atoms with E-state index in [1.165, 1.54) is 0 Å². The third-order valence-corrected chi connectivity index (χ3v) is 1.35. The number of nitrogens with two attached hydrogens (primary N) is 1. The largest absolute Gasteiger partial charge is 0.320 e. The quantitative estimate of drug-likeness (QED) is 0.471. The molecule has 0 aliphatic rings. The minimum Gasteiger partial charge on any atom is -0.320 e. The molecule has 13 heavy (non-hydrogen) atoms. The fraction of sp³-hybridized carbons (Fsp3) is 0.667. The third kappa shape index (κ3) is 6.31. The summed E-state index contributed by atoms with van der Waals surface area (Å²) in [7, 11) is 0. The topological polar surface area (TPSA) is 64.4 Å².